The number of aromatic nitrogens is 3. The van der Waals surface area contributed by atoms with Gasteiger partial charge in [-0.1, -0.05) is 97.1 Å². The Morgan fingerprint density at radius 1 is 0.606 bits per heavy atom. The number of H-pyrrole nitrogens is 1. The Hall–Kier alpha value is -4.37. The summed E-state index contributed by atoms with van der Waals surface area (Å²) in [5, 5.41) is 6.09. The Kier molecular flexibility index (Phi) is 3.91. The number of imidazole rings is 1. The van der Waals surface area contributed by atoms with Gasteiger partial charge in [0.1, 0.15) is 5.82 Å². The Morgan fingerprint density at radius 2 is 1.21 bits per heavy atom. The summed E-state index contributed by atoms with van der Waals surface area (Å²) in [6, 6.07) is 36.3. The van der Waals surface area contributed by atoms with Crippen molar-refractivity contribution in [2.24, 2.45) is 0 Å². The molecule has 7 rings (SSSR count). The van der Waals surface area contributed by atoms with Crippen LogP contribution in [0.5, 0.6) is 0 Å². The summed E-state index contributed by atoms with van der Waals surface area (Å²) in [7, 11) is 0. The van der Waals surface area contributed by atoms with Crippen molar-refractivity contribution in [2.45, 2.75) is 6.54 Å². The molecular weight excluding hydrogens is 402 g/mol. The van der Waals surface area contributed by atoms with E-state index in [1.165, 1.54) is 38.0 Å². The van der Waals surface area contributed by atoms with Crippen LogP contribution >= 0.6 is 0 Å². The zero-order chi connectivity index (χ0) is 21.8. The number of para-hydroxylation sites is 1. The van der Waals surface area contributed by atoms with Gasteiger partial charge < -0.3 is 9.55 Å². The molecule has 0 aliphatic heterocycles. The maximum atomic E-state index is 5.16. The molecule has 0 saturated carbocycles. The number of hydrogen-bond acceptors (Lipinski definition) is 1. The number of benzene rings is 5. The zero-order valence-electron chi connectivity index (χ0n) is 18.0. The van der Waals surface area contributed by atoms with Crippen molar-refractivity contribution in [1.29, 1.82) is 0 Å². The molecule has 7 aromatic rings. The van der Waals surface area contributed by atoms with Crippen molar-refractivity contribution >= 4 is 43.5 Å². The first-order valence-corrected chi connectivity index (χ1v) is 11.3. The second-order valence-corrected chi connectivity index (χ2v) is 8.57. The number of fused-ring (bicyclic) bond motifs is 7. The molecule has 0 unspecified atom stereocenters. The molecule has 0 bridgehead atoms. The lowest BCUT2D eigenvalue weighted by atomic mass is 10.0. The Morgan fingerprint density at radius 3 is 2.00 bits per heavy atom. The van der Waals surface area contributed by atoms with Crippen LogP contribution in [0.1, 0.15) is 5.56 Å². The van der Waals surface area contributed by atoms with Crippen LogP contribution in [0, 0.1) is 0 Å². The summed E-state index contributed by atoms with van der Waals surface area (Å²) in [4.78, 5) is 8.85. The molecule has 2 heterocycles. The van der Waals surface area contributed by atoms with Crippen LogP contribution in [0.2, 0.25) is 0 Å². The molecule has 1 N–H and O–H groups in total. The summed E-state index contributed by atoms with van der Waals surface area (Å²) < 4.78 is 2.32. The SMILES string of the molecule is c1ccc(Cn2cc(-c3nc4c5ccccc5c5ccccc5c4[nH]3)c3ccccc32)cc1. The van der Waals surface area contributed by atoms with Crippen LogP contribution in [-0.4, -0.2) is 14.5 Å². The van der Waals surface area contributed by atoms with Gasteiger partial charge in [0.15, 0.2) is 0 Å². The molecule has 3 heteroatoms. The molecule has 5 aromatic carbocycles. The third kappa shape index (κ3) is 2.79. The third-order valence-electron chi connectivity index (χ3n) is 6.61. The minimum atomic E-state index is 0.827. The fourth-order valence-electron chi connectivity index (χ4n) is 5.10. The molecular formula is C30H21N3. The molecule has 0 amide bonds. The fourth-order valence-corrected chi connectivity index (χ4v) is 5.10. The first-order chi connectivity index (χ1) is 16.4. The average molecular weight is 424 g/mol. The third-order valence-corrected chi connectivity index (χ3v) is 6.61. The quantitative estimate of drug-likeness (QED) is 0.293. The molecule has 156 valence electrons. The standard InChI is InChI=1S/C30H21N3/c1-2-10-20(11-3-1)18-33-19-26(23-14-8-9-17-27(23)33)30-31-28-24-15-6-4-12-21(24)22-13-5-7-16-25(22)29(28)32-30/h1-17,19H,18H2,(H,31,32). The second kappa shape index (κ2) is 7.07. The van der Waals surface area contributed by atoms with E-state index < -0.39 is 0 Å². The largest absolute Gasteiger partial charge is 0.342 e. The van der Waals surface area contributed by atoms with E-state index in [2.05, 4.69) is 119 Å². The average Bonchev–Trinajstić information content (AvgIpc) is 3.48. The minimum absolute atomic E-state index is 0.827. The van der Waals surface area contributed by atoms with Gasteiger partial charge in [-0.05, 0) is 22.4 Å². The topological polar surface area (TPSA) is 33.6 Å². The number of rotatable bonds is 3. The minimum Gasteiger partial charge on any atom is -0.342 e. The lowest BCUT2D eigenvalue weighted by molar-refractivity contribution is 0.837. The van der Waals surface area contributed by atoms with Crippen LogP contribution in [-0.2, 0) is 6.54 Å². The maximum Gasteiger partial charge on any atom is 0.140 e. The van der Waals surface area contributed by atoms with E-state index in [0.717, 1.165) is 29.0 Å². The van der Waals surface area contributed by atoms with Crippen molar-refractivity contribution in [1.82, 2.24) is 14.5 Å². The van der Waals surface area contributed by atoms with Crippen molar-refractivity contribution in [3.05, 3.63) is 115 Å². The van der Waals surface area contributed by atoms with Crippen molar-refractivity contribution in [2.75, 3.05) is 0 Å². The summed E-state index contributed by atoms with van der Waals surface area (Å²) >= 11 is 0. The van der Waals surface area contributed by atoms with Crippen molar-refractivity contribution in [3.8, 4) is 11.4 Å². The van der Waals surface area contributed by atoms with E-state index in [1.807, 2.05) is 0 Å². The molecule has 0 spiro atoms. The Bertz CT molecular complexity index is 1720. The van der Waals surface area contributed by atoms with E-state index in [1.54, 1.807) is 0 Å². The lowest BCUT2D eigenvalue weighted by Crippen LogP contribution is -1.97. The highest BCUT2D eigenvalue weighted by Crippen LogP contribution is 2.37. The van der Waals surface area contributed by atoms with Gasteiger partial charge in [-0.25, -0.2) is 4.98 Å². The Balaban J connectivity index is 1.50. The number of nitrogens with zero attached hydrogens (tertiary/aromatic N) is 2. The molecule has 0 saturated heterocycles. The van der Waals surface area contributed by atoms with Gasteiger partial charge in [0.2, 0.25) is 0 Å². The van der Waals surface area contributed by atoms with Gasteiger partial charge in [-0.3, -0.25) is 0 Å². The summed E-state index contributed by atoms with van der Waals surface area (Å²) in [5.41, 5.74) is 5.75. The van der Waals surface area contributed by atoms with Gasteiger partial charge in [0, 0.05) is 40.0 Å². The molecule has 33 heavy (non-hydrogen) atoms. The number of nitrogens with one attached hydrogen (secondary N) is 1. The van der Waals surface area contributed by atoms with Gasteiger partial charge in [-0.15, -0.1) is 0 Å². The highest BCUT2D eigenvalue weighted by molar-refractivity contribution is 6.23. The number of aromatic amines is 1. The number of hydrogen-bond donors (Lipinski definition) is 1. The molecule has 0 fully saturated rings. The van der Waals surface area contributed by atoms with Gasteiger partial charge in [0.25, 0.3) is 0 Å². The predicted octanol–water partition coefficient (Wildman–Crippen LogP) is 7.54. The molecule has 0 atom stereocenters. The van der Waals surface area contributed by atoms with Gasteiger partial charge in [-0.2, -0.15) is 0 Å². The predicted molar refractivity (Wildman–Crippen MR) is 138 cm³/mol. The fraction of sp³-hybridized carbons (Fsp3) is 0.0333. The normalized spacial score (nSPS) is 11.8. The second-order valence-electron chi connectivity index (χ2n) is 8.57. The van der Waals surface area contributed by atoms with Crippen LogP contribution in [0.25, 0.3) is 54.9 Å². The van der Waals surface area contributed by atoms with Crippen LogP contribution in [0.3, 0.4) is 0 Å². The molecule has 2 aromatic heterocycles. The Labute approximate surface area is 190 Å². The van der Waals surface area contributed by atoms with Crippen LogP contribution in [0.4, 0.5) is 0 Å². The van der Waals surface area contributed by atoms with Crippen molar-refractivity contribution < 1.29 is 0 Å². The van der Waals surface area contributed by atoms with Gasteiger partial charge in [0.05, 0.1) is 11.0 Å². The first kappa shape index (κ1) is 18.2. The van der Waals surface area contributed by atoms with Crippen LogP contribution < -0.4 is 0 Å². The summed E-state index contributed by atoms with van der Waals surface area (Å²) in [5.74, 6) is 0.912. The molecule has 0 aliphatic carbocycles. The van der Waals surface area contributed by atoms with Crippen molar-refractivity contribution in [3.63, 3.8) is 0 Å². The van der Waals surface area contributed by atoms with E-state index in [0.29, 0.717) is 0 Å². The lowest BCUT2D eigenvalue weighted by Gasteiger charge is -2.05. The zero-order valence-corrected chi connectivity index (χ0v) is 18.0. The smallest absolute Gasteiger partial charge is 0.140 e. The molecule has 3 nitrogen and oxygen atoms in total. The molecule has 0 radical (unpaired) electrons. The maximum absolute atomic E-state index is 5.16. The van der Waals surface area contributed by atoms with Gasteiger partial charge >= 0.3 is 0 Å². The highest BCUT2D eigenvalue weighted by Gasteiger charge is 2.17. The summed E-state index contributed by atoms with van der Waals surface area (Å²) in [6.45, 7) is 0.827. The van der Waals surface area contributed by atoms with E-state index >= 15 is 0 Å². The van der Waals surface area contributed by atoms with Crippen LogP contribution in [0.15, 0.2) is 109 Å². The van der Waals surface area contributed by atoms with E-state index in [9.17, 15) is 0 Å². The monoisotopic (exact) mass is 423 g/mol. The summed E-state index contributed by atoms with van der Waals surface area (Å²) in [6.07, 6.45) is 2.24. The first-order valence-electron chi connectivity index (χ1n) is 11.3. The van der Waals surface area contributed by atoms with E-state index in [-0.39, 0.29) is 0 Å². The molecule has 0 aliphatic rings. The van der Waals surface area contributed by atoms with E-state index in [4.69, 9.17) is 4.98 Å². The highest BCUT2D eigenvalue weighted by atomic mass is 15.0.